The van der Waals surface area contributed by atoms with Crippen molar-refractivity contribution in [2.45, 2.75) is 25.3 Å². The normalized spacial score (nSPS) is 22.5. The second-order valence-electron chi connectivity index (χ2n) is 5.45. The molecule has 0 amide bonds. The summed E-state index contributed by atoms with van der Waals surface area (Å²) in [5.41, 5.74) is 2.54. The predicted octanol–water partition coefficient (Wildman–Crippen LogP) is 0.728. The van der Waals surface area contributed by atoms with Gasteiger partial charge in [0.25, 0.3) is 0 Å². The van der Waals surface area contributed by atoms with Gasteiger partial charge in [0.05, 0.1) is 11.0 Å². The molecule has 3 aliphatic rings. The number of aliphatic hydroxyl groups is 1. The van der Waals surface area contributed by atoms with Crippen molar-refractivity contribution in [3.63, 3.8) is 0 Å². The summed E-state index contributed by atoms with van der Waals surface area (Å²) >= 11 is 0. The SMILES string of the molecule is O=C(O)C1=C(O)CCC2C1=CC=c1c2nc2n1CC=CC=2. The minimum atomic E-state index is -1.07. The Morgan fingerprint density at radius 2 is 2.19 bits per heavy atom. The lowest BCUT2D eigenvalue weighted by atomic mass is 9.78. The Bertz CT molecular complexity index is 868. The Morgan fingerprint density at radius 1 is 1.33 bits per heavy atom. The lowest BCUT2D eigenvalue weighted by molar-refractivity contribution is -0.132. The molecule has 0 radical (unpaired) electrons. The molecule has 2 aliphatic carbocycles. The van der Waals surface area contributed by atoms with Crippen molar-refractivity contribution in [3.05, 3.63) is 51.7 Å². The monoisotopic (exact) mass is 282 g/mol. The number of carboxylic acid groups (broad SMARTS) is 1. The summed E-state index contributed by atoms with van der Waals surface area (Å²) in [5, 5.41) is 20.3. The third-order valence-corrected chi connectivity index (χ3v) is 4.32. The molecule has 1 aliphatic heterocycles. The van der Waals surface area contributed by atoms with Gasteiger partial charge in [0.1, 0.15) is 16.8 Å². The van der Waals surface area contributed by atoms with Crippen LogP contribution in [-0.4, -0.2) is 25.7 Å². The first-order chi connectivity index (χ1) is 10.2. The molecule has 0 fully saturated rings. The minimum Gasteiger partial charge on any atom is -0.511 e. The van der Waals surface area contributed by atoms with Crippen molar-refractivity contribution >= 4 is 18.1 Å². The largest absolute Gasteiger partial charge is 0.511 e. The summed E-state index contributed by atoms with van der Waals surface area (Å²) in [5.74, 6) is -1.14. The molecule has 0 saturated carbocycles. The van der Waals surface area contributed by atoms with Gasteiger partial charge >= 0.3 is 5.97 Å². The van der Waals surface area contributed by atoms with Crippen LogP contribution < -0.4 is 10.8 Å². The Hall–Kier alpha value is -2.56. The Labute approximate surface area is 120 Å². The lowest BCUT2D eigenvalue weighted by Crippen LogP contribution is -2.31. The minimum absolute atomic E-state index is 0.0287. The molecule has 5 heteroatoms. The molecule has 106 valence electrons. The summed E-state index contributed by atoms with van der Waals surface area (Å²) < 4.78 is 2.13. The van der Waals surface area contributed by atoms with Crippen molar-refractivity contribution in [1.29, 1.82) is 0 Å². The van der Waals surface area contributed by atoms with Gasteiger partial charge in [-0.15, -0.1) is 0 Å². The molecule has 0 aromatic carbocycles. The number of hydrogen-bond donors (Lipinski definition) is 2. The molecule has 1 atom stereocenters. The van der Waals surface area contributed by atoms with E-state index >= 15 is 0 Å². The molecule has 21 heavy (non-hydrogen) atoms. The number of aromatic nitrogens is 2. The standard InChI is InChI=1S/C16H14N2O3/c19-12-7-5-10-9(14(12)16(20)21)4-6-11-15(10)17-13-3-1-2-8-18(11)13/h1-4,6,10,19H,5,7-8H2,(H,20,21). The van der Waals surface area contributed by atoms with Gasteiger partial charge in [0, 0.05) is 18.9 Å². The third kappa shape index (κ3) is 1.63. The topological polar surface area (TPSA) is 75.3 Å². The van der Waals surface area contributed by atoms with E-state index in [0.29, 0.717) is 18.4 Å². The molecule has 1 aromatic rings. The highest BCUT2D eigenvalue weighted by Crippen LogP contribution is 2.39. The van der Waals surface area contributed by atoms with E-state index in [2.05, 4.69) is 15.6 Å². The zero-order valence-corrected chi connectivity index (χ0v) is 11.3. The van der Waals surface area contributed by atoms with Crippen molar-refractivity contribution < 1.29 is 15.0 Å². The van der Waals surface area contributed by atoms with Crippen molar-refractivity contribution in [3.8, 4) is 0 Å². The second kappa shape index (κ2) is 4.22. The fraction of sp³-hybridized carbons (Fsp3) is 0.250. The van der Waals surface area contributed by atoms with Crippen LogP contribution in [0.1, 0.15) is 24.5 Å². The number of carboxylic acids is 1. The van der Waals surface area contributed by atoms with Crippen LogP contribution in [0.15, 0.2) is 35.1 Å². The summed E-state index contributed by atoms with van der Waals surface area (Å²) in [6.07, 6.45) is 10.8. The predicted molar refractivity (Wildman–Crippen MR) is 76.9 cm³/mol. The van der Waals surface area contributed by atoms with Crippen LogP contribution in [-0.2, 0) is 11.3 Å². The number of nitrogens with zero attached hydrogens (tertiary/aromatic N) is 2. The highest BCUT2D eigenvalue weighted by molar-refractivity contribution is 5.94. The average molecular weight is 282 g/mol. The van der Waals surface area contributed by atoms with E-state index in [-0.39, 0.29) is 17.3 Å². The van der Waals surface area contributed by atoms with E-state index in [0.717, 1.165) is 23.1 Å². The van der Waals surface area contributed by atoms with E-state index < -0.39 is 5.97 Å². The molecule has 5 nitrogen and oxygen atoms in total. The zero-order valence-electron chi connectivity index (χ0n) is 11.3. The maximum atomic E-state index is 11.4. The van der Waals surface area contributed by atoms with Crippen LogP contribution in [0.5, 0.6) is 0 Å². The number of aliphatic hydroxyl groups excluding tert-OH is 1. The van der Waals surface area contributed by atoms with Gasteiger partial charge in [0.2, 0.25) is 0 Å². The van der Waals surface area contributed by atoms with Gasteiger partial charge < -0.3 is 14.8 Å². The molecule has 0 spiro atoms. The van der Waals surface area contributed by atoms with Gasteiger partial charge in [-0.3, -0.25) is 0 Å². The van der Waals surface area contributed by atoms with E-state index in [4.69, 9.17) is 0 Å². The van der Waals surface area contributed by atoms with Crippen LogP contribution in [0, 0.1) is 0 Å². The average Bonchev–Trinajstić information content (AvgIpc) is 2.85. The van der Waals surface area contributed by atoms with E-state index in [9.17, 15) is 15.0 Å². The highest BCUT2D eigenvalue weighted by atomic mass is 16.4. The highest BCUT2D eigenvalue weighted by Gasteiger charge is 2.34. The number of hydrogen-bond acceptors (Lipinski definition) is 3. The summed E-state index contributed by atoms with van der Waals surface area (Å²) in [6.45, 7) is 0.785. The molecule has 2 N–H and O–H groups in total. The fourth-order valence-corrected chi connectivity index (χ4v) is 3.38. The molecule has 4 rings (SSSR count). The maximum Gasteiger partial charge on any atom is 0.339 e. The number of rotatable bonds is 1. The number of fused-ring (bicyclic) bond motifs is 5. The molecule has 2 heterocycles. The first-order valence-corrected chi connectivity index (χ1v) is 6.98. The Morgan fingerprint density at radius 3 is 3.00 bits per heavy atom. The number of aliphatic carboxylic acids is 1. The number of imidazole rings is 1. The van der Waals surface area contributed by atoms with Crippen LogP contribution in [0.4, 0.5) is 0 Å². The quantitative estimate of drug-likeness (QED) is 0.796. The molecule has 0 bridgehead atoms. The van der Waals surface area contributed by atoms with Crippen molar-refractivity contribution in [1.82, 2.24) is 9.55 Å². The Kier molecular flexibility index (Phi) is 2.45. The van der Waals surface area contributed by atoms with E-state index in [1.807, 2.05) is 24.3 Å². The summed E-state index contributed by atoms with van der Waals surface area (Å²) in [6, 6.07) is 0. The fourth-order valence-electron chi connectivity index (χ4n) is 3.38. The zero-order chi connectivity index (χ0) is 14.6. The van der Waals surface area contributed by atoms with E-state index in [1.54, 1.807) is 0 Å². The molecule has 0 saturated heterocycles. The Balaban J connectivity index is 1.93. The van der Waals surface area contributed by atoms with Crippen LogP contribution >= 0.6 is 0 Å². The van der Waals surface area contributed by atoms with E-state index in [1.165, 1.54) is 0 Å². The lowest BCUT2D eigenvalue weighted by Gasteiger charge is -2.26. The first-order valence-electron chi connectivity index (χ1n) is 6.98. The smallest absolute Gasteiger partial charge is 0.339 e. The van der Waals surface area contributed by atoms with Crippen LogP contribution in [0.25, 0.3) is 12.2 Å². The molecular formula is C16H14N2O3. The second-order valence-corrected chi connectivity index (χ2v) is 5.45. The van der Waals surface area contributed by atoms with Crippen LogP contribution in [0.3, 0.4) is 0 Å². The molecular weight excluding hydrogens is 268 g/mol. The summed E-state index contributed by atoms with van der Waals surface area (Å²) in [7, 11) is 0. The van der Waals surface area contributed by atoms with Gasteiger partial charge in [-0.2, -0.15) is 0 Å². The molecule has 1 unspecified atom stereocenters. The summed E-state index contributed by atoms with van der Waals surface area (Å²) in [4.78, 5) is 16.1. The van der Waals surface area contributed by atoms with Gasteiger partial charge in [-0.25, -0.2) is 9.78 Å². The van der Waals surface area contributed by atoms with Gasteiger partial charge in [-0.05, 0) is 24.1 Å². The van der Waals surface area contributed by atoms with Gasteiger partial charge in [0.15, 0.2) is 0 Å². The molecule has 1 aromatic heterocycles. The number of allylic oxidation sites excluding steroid dienone is 4. The third-order valence-electron chi connectivity index (χ3n) is 4.32. The van der Waals surface area contributed by atoms with Crippen molar-refractivity contribution in [2.75, 3.05) is 0 Å². The first kappa shape index (κ1) is 12.2. The van der Waals surface area contributed by atoms with Gasteiger partial charge in [-0.1, -0.05) is 18.2 Å². The number of carbonyl (C=O) groups is 1. The van der Waals surface area contributed by atoms with Crippen LogP contribution in [0.2, 0.25) is 0 Å². The maximum absolute atomic E-state index is 11.4. The van der Waals surface area contributed by atoms with Crippen molar-refractivity contribution in [2.24, 2.45) is 0 Å².